The number of para-hydroxylation sites is 1. The normalized spacial score (nSPS) is 12.1. The van der Waals surface area contributed by atoms with Crippen molar-refractivity contribution in [2.75, 3.05) is 12.1 Å². The molecule has 88 valence electrons. The number of aliphatic hydroxyl groups excluding tert-OH is 1. The fourth-order valence-corrected chi connectivity index (χ4v) is 1.33. The van der Waals surface area contributed by atoms with Crippen LogP contribution in [0.1, 0.15) is 19.3 Å². The molecule has 0 saturated carbocycles. The highest BCUT2D eigenvalue weighted by atomic mass is 16.7. The molecule has 1 aromatic carbocycles. The van der Waals surface area contributed by atoms with Crippen LogP contribution in [0.25, 0.3) is 0 Å². The number of unbranched alkanes of at least 4 members (excludes halogenated alkanes) is 1. The summed E-state index contributed by atoms with van der Waals surface area (Å²) in [6.07, 6.45) is 4.46. The van der Waals surface area contributed by atoms with Crippen molar-refractivity contribution in [1.29, 1.82) is 0 Å². The number of nitrogens with one attached hydrogen (secondary N) is 1. The summed E-state index contributed by atoms with van der Waals surface area (Å²) in [5.74, 6) is 0. The summed E-state index contributed by atoms with van der Waals surface area (Å²) in [5, 5.41) is 9.11. The van der Waals surface area contributed by atoms with E-state index in [0.29, 0.717) is 0 Å². The van der Waals surface area contributed by atoms with E-state index in [0.717, 1.165) is 24.9 Å². The van der Waals surface area contributed by atoms with E-state index in [4.69, 9.17) is 9.94 Å². The van der Waals surface area contributed by atoms with Crippen LogP contribution in [0.4, 0.5) is 5.69 Å². The van der Waals surface area contributed by atoms with Crippen LogP contribution in [0, 0.1) is 0 Å². The predicted octanol–water partition coefficient (Wildman–Crippen LogP) is 2.75. The molecule has 0 amide bonds. The van der Waals surface area contributed by atoms with Gasteiger partial charge in [-0.1, -0.05) is 24.3 Å². The molecule has 3 heteroatoms. The minimum Gasteiger partial charge on any atom is -0.394 e. The molecule has 2 N–H and O–H groups in total. The average molecular weight is 221 g/mol. The topological polar surface area (TPSA) is 41.5 Å². The van der Waals surface area contributed by atoms with Crippen molar-refractivity contribution >= 4 is 5.69 Å². The van der Waals surface area contributed by atoms with Gasteiger partial charge in [0.1, 0.15) is 6.10 Å². The first-order valence-corrected chi connectivity index (χ1v) is 5.55. The van der Waals surface area contributed by atoms with Crippen molar-refractivity contribution in [3.05, 3.63) is 43.0 Å². The third-order valence-electron chi connectivity index (χ3n) is 2.26. The SMILES string of the molecule is C=CCCC[C@@H](CO)ONc1ccccc1. The molecule has 0 spiro atoms. The van der Waals surface area contributed by atoms with Crippen molar-refractivity contribution in [3.8, 4) is 0 Å². The molecule has 0 unspecified atom stereocenters. The van der Waals surface area contributed by atoms with E-state index in [1.54, 1.807) is 0 Å². The van der Waals surface area contributed by atoms with E-state index in [-0.39, 0.29) is 12.7 Å². The fraction of sp³-hybridized carbons (Fsp3) is 0.385. The van der Waals surface area contributed by atoms with Gasteiger partial charge >= 0.3 is 0 Å². The molecule has 0 fully saturated rings. The zero-order valence-electron chi connectivity index (χ0n) is 9.43. The summed E-state index contributed by atoms with van der Waals surface area (Å²) in [6, 6.07) is 9.63. The standard InChI is InChI=1S/C13H19NO2/c1-2-3-5-10-13(11-15)16-14-12-8-6-4-7-9-12/h2,4,6-9,13-15H,1,3,5,10-11H2/t13-/m0/s1. The Morgan fingerprint density at radius 1 is 1.38 bits per heavy atom. The van der Waals surface area contributed by atoms with Gasteiger partial charge in [-0.25, -0.2) is 0 Å². The molecule has 1 aromatic rings. The van der Waals surface area contributed by atoms with Crippen LogP contribution in [0.3, 0.4) is 0 Å². The number of aliphatic hydroxyl groups is 1. The molecule has 0 aromatic heterocycles. The van der Waals surface area contributed by atoms with Gasteiger partial charge in [0.05, 0.1) is 12.3 Å². The molecule has 3 nitrogen and oxygen atoms in total. The fourth-order valence-electron chi connectivity index (χ4n) is 1.33. The lowest BCUT2D eigenvalue weighted by Gasteiger charge is -2.15. The van der Waals surface area contributed by atoms with E-state index in [1.807, 2.05) is 36.4 Å². The predicted molar refractivity (Wildman–Crippen MR) is 66.1 cm³/mol. The van der Waals surface area contributed by atoms with E-state index < -0.39 is 0 Å². The van der Waals surface area contributed by atoms with Gasteiger partial charge in [-0.05, 0) is 31.4 Å². The highest BCUT2D eigenvalue weighted by Crippen LogP contribution is 2.09. The Labute approximate surface area is 96.7 Å². The number of benzene rings is 1. The third kappa shape index (κ3) is 4.96. The molecular weight excluding hydrogens is 202 g/mol. The Balaban J connectivity index is 2.25. The van der Waals surface area contributed by atoms with E-state index in [1.165, 1.54) is 0 Å². The zero-order chi connectivity index (χ0) is 11.6. The van der Waals surface area contributed by atoms with Crippen LogP contribution in [-0.4, -0.2) is 17.8 Å². The Hall–Kier alpha value is -1.32. The summed E-state index contributed by atoms with van der Waals surface area (Å²) in [6.45, 7) is 3.68. The van der Waals surface area contributed by atoms with Gasteiger partial charge in [0, 0.05) is 0 Å². The first-order chi connectivity index (χ1) is 7.86. The largest absolute Gasteiger partial charge is 0.394 e. The van der Waals surface area contributed by atoms with Crippen molar-refractivity contribution < 1.29 is 9.94 Å². The van der Waals surface area contributed by atoms with E-state index in [9.17, 15) is 0 Å². The molecular formula is C13H19NO2. The monoisotopic (exact) mass is 221 g/mol. The highest BCUT2D eigenvalue weighted by Gasteiger charge is 2.07. The molecule has 0 aliphatic rings. The minimum atomic E-state index is -0.167. The second kappa shape index (κ2) is 7.91. The van der Waals surface area contributed by atoms with Crippen LogP contribution in [0.15, 0.2) is 43.0 Å². The van der Waals surface area contributed by atoms with Crippen molar-refractivity contribution in [3.63, 3.8) is 0 Å². The maximum atomic E-state index is 9.11. The molecule has 0 aliphatic carbocycles. The number of allylic oxidation sites excluding steroid dienone is 1. The Morgan fingerprint density at radius 3 is 2.75 bits per heavy atom. The molecule has 0 heterocycles. The molecule has 0 radical (unpaired) electrons. The lowest BCUT2D eigenvalue weighted by molar-refractivity contribution is 0.0403. The molecule has 1 rings (SSSR count). The van der Waals surface area contributed by atoms with Gasteiger partial charge < -0.3 is 5.11 Å². The maximum Gasteiger partial charge on any atom is 0.108 e. The summed E-state index contributed by atoms with van der Waals surface area (Å²) in [4.78, 5) is 5.39. The first kappa shape index (κ1) is 12.7. The number of hydrogen-bond donors (Lipinski definition) is 2. The summed E-state index contributed by atoms with van der Waals surface area (Å²) < 4.78 is 0. The second-order valence-corrected chi connectivity index (χ2v) is 3.61. The molecule has 0 bridgehead atoms. The number of rotatable bonds is 8. The van der Waals surface area contributed by atoms with E-state index >= 15 is 0 Å². The van der Waals surface area contributed by atoms with Crippen molar-refractivity contribution in [2.24, 2.45) is 0 Å². The van der Waals surface area contributed by atoms with Gasteiger partial charge in [0.15, 0.2) is 0 Å². The summed E-state index contributed by atoms with van der Waals surface area (Å²) in [7, 11) is 0. The number of hydrogen-bond acceptors (Lipinski definition) is 3. The maximum absolute atomic E-state index is 9.11. The van der Waals surface area contributed by atoms with Crippen LogP contribution >= 0.6 is 0 Å². The van der Waals surface area contributed by atoms with Gasteiger partial charge in [-0.2, -0.15) is 0 Å². The highest BCUT2D eigenvalue weighted by molar-refractivity contribution is 5.40. The molecule has 1 atom stereocenters. The average Bonchev–Trinajstić information content (AvgIpc) is 2.35. The van der Waals surface area contributed by atoms with Crippen molar-refractivity contribution in [2.45, 2.75) is 25.4 Å². The summed E-state index contributed by atoms with van der Waals surface area (Å²) in [5.41, 5.74) is 3.73. The van der Waals surface area contributed by atoms with Crippen LogP contribution in [0.2, 0.25) is 0 Å². The molecule has 16 heavy (non-hydrogen) atoms. The van der Waals surface area contributed by atoms with Crippen molar-refractivity contribution in [1.82, 2.24) is 0 Å². The lowest BCUT2D eigenvalue weighted by Crippen LogP contribution is -2.21. The first-order valence-electron chi connectivity index (χ1n) is 5.55. The number of anilines is 1. The van der Waals surface area contributed by atoms with Crippen LogP contribution < -0.4 is 5.48 Å². The second-order valence-electron chi connectivity index (χ2n) is 3.61. The van der Waals surface area contributed by atoms with Gasteiger partial charge in [0.25, 0.3) is 0 Å². The smallest absolute Gasteiger partial charge is 0.108 e. The van der Waals surface area contributed by atoms with Gasteiger partial charge in [0.2, 0.25) is 0 Å². The van der Waals surface area contributed by atoms with Crippen LogP contribution in [0.5, 0.6) is 0 Å². The summed E-state index contributed by atoms with van der Waals surface area (Å²) >= 11 is 0. The van der Waals surface area contributed by atoms with E-state index in [2.05, 4.69) is 12.1 Å². The van der Waals surface area contributed by atoms with Gasteiger partial charge in [-0.3, -0.25) is 10.3 Å². The van der Waals surface area contributed by atoms with Crippen LogP contribution in [-0.2, 0) is 4.84 Å². The lowest BCUT2D eigenvalue weighted by atomic mass is 10.1. The minimum absolute atomic E-state index is 0.0248. The zero-order valence-corrected chi connectivity index (χ0v) is 9.43. The Bertz CT molecular complexity index is 287. The Kier molecular flexibility index (Phi) is 6.30. The molecule has 0 aliphatic heterocycles. The third-order valence-corrected chi connectivity index (χ3v) is 2.26. The molecule has 0 saturated heterocycles. The van der Waals surface area contributed by atoms with Gasteiger partial charge in [-0.15, -0.1) is 6.58 Å². The Morgan fingerprint density at radius 2 is 2.12 bits per heavy atom. The quantitative estimate of drug-likeness (QED) is 0.403.